The van der Waals surface area contributed by atoms with Crippen LogP contribution in [0.1, 0.15) is 40.3 Å². The molecule has 3 aromatic rings. The fourth-order valence-corrected chi connectivity index (χ4v) is 5.24. The molecule has 0 saturated carbocycles. The number of hydrogen-bond acceptors (Lipinski definition) is 8. The van der Waals surface area contributed by atoms with Crippen molar-refractivity contribution in [1.82, 2.24) is 4.98 Å². The third-order valence-electron chi connectivity index (χ3n) is 4.71. The van der Waals surface area contributed by atoms with E-state index < -0.39 is 15.3 Å². The first-order chi connectivity index (χ1) is 16.3. The average Bonchev–Trinajstić information content (AvgIpc) is 3.19. The van der Waals surface area contributed by atoms with Gasteiger partial charge in [0, 0.05) is 17.9 Å². The van der Waals surface area contributed by atoms with Crippen LogP contribution in [0.4, 0.5) is 10.1 Å². The van der Waals surface area contributed by atoms with Crippen molar-refractivity contribution in [1.29, 1.82) is 0 Å². The van der Waals surface area contributed by atoms with Crippen LogP contribution < -0.4 is 4.74 Å². The summed E-state index contributed by atoms with van der Waals surface area (Å²) in [5.74, 6) is -0.538. The highest BCUT2D eigenvalue weighted by Crippen LogP contribution is 2.37. The highest BCUT2D eigenvalue weighted by atomic mass is 32.2. The third-order valence-corrected chi connectivity index (χ3v) is 6.88. The summed E-state index contributed by atoms with van der Waals surface area (Å²) in [6.45, 7) is 9.27. The number of benzene rings is 2. The van der Waals surface area contributed by atoms with Gasteiger partial charge in [0.25, 0.3) is 0 Å². The highest BCUT2D eigenvalue weighted by molar-refractivity contribution is 8.03. The lowest BCUT2D eigenvalue weighted by atomic mass is 10.0. The first-order valence-electron chi connectivity index (χ1n) is 10.9. The summed E-state index contributed by atoms with van der Waals surface area (Å²) < 4.78 is 24.3. The zero-order valence-corrected chi connectivity index (χ0v) is 21.8. The van der Waals surface area contributed by atoms with Crippen LogP contribution in [0.25, 0.3) is 11.1 Å². The molecule has 3 rings (SSSR count). The van der Waals surface area contributed by atoms with E-state index in [-0.39, 0.29) is 29.8 Å². The number of carbonyl (C=O) groups excluding carboxylic acids is 1. The third kappa shape index (κ3) is 7.50. The molecule has 0 saturated heterocycles. The molecule has 7 nitrogen and oxygen atoms in total. The van der Waals surface area contributed by atoms with Gasteiger partial charge in [-0.1, -0.05) is 30.0 Å². The molecule has 1 aromatic heterocycles. The Labute approximate surface area is 211 Å². The summed E-state index contributed by atoms with van der Waals surface area (Å²) in [6, 6.07) is 10.4. The van der Waals surface area contributed by atoms with Gasteiger partial charge in [-0.25, -0.2) is 9.37 Å². The number of nitro groups is 1. The number of halogens is 1. The minimum absolute atomic E-state index is 0.150. The second-order valence-electron chi connectivity index (χ2n) is 9.26. The normalized spacial score (nSPS) is 11.8. The van der Waals surface area contributed by atoms with Crippen molar-refractivity contribution in [2.75, 3.05) is 6.61 Å². The van der Waals surface area contributed by atoms with Gasteiger partial charge in [0.05, 0.1) is 17.2 Å². The van der Waals surface area contributed by atoms with E-state index in [2.05, 4.69) is 4.98 Å². The minimum Gasteiger partial charge on any atom is -0.486 e. The molecule has 0 aliphatic rings. The molecule has 1 heterocycles. The molecule has 0 N–H and O–H groups in total. The molecule has 0 fully saturated rings. The number of esters is 1. The molecule has 0 radical (unpaired) electrons. The summed E-state index contributed by atoms with van der Waals surface area (Å²) in [6.07, 6.45) is 0.445. The van der Waals surface area contributed by atoms with Crippen LogP contribution in [0.5, 0.6) is 5.75 Å². The second-order valence-corrected chi connectivity index (χ2v) is 12.0. The molecule has 0 amide bonds. The quantitative estimate of drug-likeness (QED) is 0.135. The average molecular weight is 519 g/mol. The number of thioether (sulfide) groups is 1. The van der Waals surface area contributed by atoms with E-state index in [0.717, 1.165) is 10.0 Å². The van der Waals surface area contributed by atoms with Crippen LogP contribution >= 0.6 is 23.1 Å². The van der Waals surface area contributed by atoms with Crippen molar-refractivity contribution in [3.05, 3.63) is 69.5 Å². The van der Waals surface area contributed by atoms with Crippen LogP contribution in [0.3, 0.4) is 0 Å². The SMILES string of the molecule is CC(C)(C)OC(=O)C(C)(C)Sc1nc(CCOc2ccc(-c3ccc(F)cc3)cc2[N+](=O)[O-])cs1. The first-order valence-corrected chi connectivity index (χ1v) is 12.6. The van der Waals surface area contributed by atoms with Crippen molar-refractivity contribution in [3.63, 3.8) is 0 Å². The molecule has 0 bridgehead atoms. The smallest absolute Gasteiger partial charge is 0.322 e. The molecule has 2 aromatic carbocycles. The zero-order valence-electron chi connectivity index (χ0n) is 20.2. The number of ether oxygens (including phenoxy) is 2. The van der Waals surface area contributed by atoms with Gasteiger partial charge < -0.3 is 9.47 Å². The fourth-order valence-electron chi connectivity index (χ4n) is 2.98. The summed E-state index contributed by atoms with van der Waals surface area (Å²) >= 11 is 2.75. The lowest BCUT2D eigenvalue weighted by Crippen LogP contribution is -2.36. The summed E-state index contributed by atoms with van der Waals surface area (Å²) in [7, 11) is 0. The van der Waals surface area contributed by atoms with Crippen molar-refractivity contribution in [3.8, 4) is 16.9 Å². The Kier molecular flexibility index (Phi) is 8.17. The maximum atomic E-state index is 13.2. The standard InChI is InChI=1S/C25H27FN2O5S2/c1-24(2,3)33-22(29)25(4,5)35-23-27-19(15-34-23)12-13-32-21-11-8-17(14-20(21)28(30)31)16-6-9-18(26)10-7-16/h6-11,14-15H,12-13H2,1-5H3. The second kappa shape index (κ2) is 10.7. The van der Waals surface area contributed by atoms with Gasteiger partial charge in [-0.3, -0.25) is 14.9 Å². The molecule has 0 spiro atoms. The maximum Gasteiger partial charge on any atom is 0.322 e. The Hall–Kier alpha value is -2.98. The fraction of sp³-hybridized carbons (Fsp3) is 0.360. The number of nitro benzene ring substituents is 1. The number of carbonyl (C=O) groups is 1. The van der Waals surface area contributed by atoms with Crippen LogP contribution in [0.2, 0.25) is 0 Å². The van der Waals surface area contributed by atoms with Gasteiger partial charge in [0.2, 0.25) is 0 Å². The Morgan fingerprint density at radius 3 is 2.40 bits per heavy atom. The first kappa shape index (κ1) is 26.6. The van der Waals surface area contributed by atoms with Crippen LogP contribution in [-0.2, 0) is 16.0 Å². The molecule has 186 valence electrons. The predicted octanol–water partition coefficient (Wildman–Crippen LogP) is 6.69. The molecular formula is C25H27FN2O5S2. The van der Waals surface area contributed by atoms with Crippen molar-refractivity contribution in [2.24, 2.45) is 0 Å². The van der Waals surface area contributed by atoms with Gasteiger partial charge in [-0.2, -0.15) is 0 Å². The Bertz CT molecular complexity index is 1200. The molecule has 35 heavy (non-hydrogen) atoms. The monoisotopic (exact) mass is 518 g/mol. The van der Waals surface area contributed by atoms with E-state index in [1.807, 2.05) is 26.2 Å². The van der Waals surface area contributed by atoms with Crippen molar-refractivity contribution in [2.45, 2.75) is 55.7 Å². The van der Waals surface area contributed by atoms with Gasteiger partial charge >= 0.3 is 11.7 Å². The Balaban J connectivity index is 1.62. The summed E-state index contributed by atoms with van der Waals surface area (Å²) in [5.41, 5.74) is 1.30. The van der Waals surface area contributed by atoms with Crippen LogP contribution in [0.15, 0.2) is 52.2 Å². The molecule has 0 atom stereocenters. The number of rotatable bonds is 9. The number of aromatic nitrogens is 1. The van der Waals surface area contributed by atoms with E-state index in [0.29, 0.717) is 17.5 Å². The molecular weight excluding hydrogens is 491 g/mol. The van der Waals surface area contributed by atoms with E-state index in [9.17, 15) is 19.3 Å². The molecule has 0 aliphatic heterocycles. The lowest BCUT2D eigenvalue weighted by molar-refractivity contribution is -0.385. The number of nitrogens with zero attached hydrogens (tertiary/aromatic N) is 2. The van der Waals surface area contributed by atoms with Gasteiger partial charge in [0.15, 0.2) is 10.1 Å². The van der Waals surface area contributed by atoms with E-state index >= 15 is 0 Å². The molecule has 0 unspecified atom stereocenters. The topological polar surface area (TPSA) is 91.6 Å². The van der Waals surface area contributed by atoms with Crippen molar-refractivity contribution >= 4 is 34.8 Å². The van der Waals surface area contributed by atoms with Gasteiger partial charge in [-0.05, 0) is 63.9 Å². The van der Waals surface area contributed by atoms with Gasteiger partial charge in [-0.15, -0.1) is 11.3 Å². The molecule has 10 heteroatoms. The van der Waals surface area contributed by atoms with E-state index in [4.69, 9.17) is 9.47 Å². The van der Waals surface area contributed by atoms with Gasteiger partial charge in [0.1, 0.15) is 16.2 Å². The maximum absolute atomic E-state index is 13.2. The molecule has 0 aliphatic carbocycles. The zero-order chi connectivity index (χ0) is 25.8. The minimum atomic E-state index is -0.800. The van der Waals surface area contributed by atoms with Crippen LogP contribution in [-0.4, -0.2) is 32.8 Å². The van der Waals surface area contributed by atoms with Crippen LogP contribution in [0, 0.1) is 15.9 Å². The van der Waals surface area contributed by atoms with Crippen molar-refractivity contribution < 1.29 is 23.6 Å². The highest BCUT2D eigenvalue weighted by Gasteiger charge is 2.34. The summed E-state index contributed by atoms with van der Waals surface area (Å²) in [4.78, 5) is 28.1. The Morgan fingerprint density at radius 1 is 1.11 bits per heavy atom. The lowest BCUT2D eigenvalue weighted by Gasteiger charge is -2.27. The number of hydrogen-bond donors (Lipinski definition) is 0. The largest absolute Gasteiger partial charge is 0.486 e. The van der Waals surface area contributed by atoms with E-state index in [1.165, 1.54) is 41.3 Å². The van der Waals surface area contributed by atoms with E-state index in [1.54, 1.807) is 38.1 Å². The predicted molar refractivity (Wildman–Crippen MR) is 136 cm³/mol. The number of thiazole rings is 1. The summed E-state index contributed by atoms with van der Waals surface area (Å²) in [5, 5.41) is 13.5. The Morgan fingerprint density at radius 2 is 1.77 bits per heavy atom.